The molecule has 0 heterocycles. The van der Waals surface area contributed by atoms with Gasteiger partial charge < -0.3 is 10.1 Å². The van der Waals surface area contributed by atoms with Crippen molar-refractivity contribution >= 4 is 45.1 Å². The fourth-order valence-corrected chi connectivity index (χ4v) is 4.10. The molecule has 0 saturated heterocycles. The minimum atomic E-state index is -3.94. The maximum atomic E-state index is 12.9. The minimum Gasteiger partial charge on any atom is -0.462 e. The predicted molar refractivity (Wildman–Crippen MR) is 122 cm³/mol. The molecule has 2 aromatic carbocycles. The number of esters is 1. The van der Waals surface area contributed by atoms with Gasteiger partial charge in [-0.25, -0.2) is 9.10 Å². The molecule has 0 aliphatic rings. The average Bonchev–Trinajstić information content (AvgIpc) is 2.69. The van der Waals surface area contributed by atoms with Crippen molar-refractivity contribution in [1.82, 2.24) is 4.31 Å². The van der Waals surface area contributed by atoms with E-state index in [-0.39, 0.29) is 22.9 Å². The molecule has 8 nitrogen and oxygen atoms in total. The van der Waals surface area contributed by atoms with Crippen LogP contribution in [0.3, 0.4) is 0 Å². The second-order valence-electron chi connectivity index (χ2n) is 7.05. The number of anilines is 2. The number of halogens is 1. The van der Waals surface area contributed by atoms with Crippen molar-refractivity contribution in [1.29, 1.82) is 0 Å². The standard InChI is InChI=1S/C21H26ClN3O5S/c1-6-30-21(27)16-9-10-18(17(22)12-16)23-20(26)13-25(31(28,29)24(4)5)19-11-14(2)7-8-15(19)3/h7-12H,6,13H2,1-5H3,(H,23,26). The molecule has 0 aliphatic heterocycles. The summed E-state index contributed by atoms with van der Waals surface area (Å²) in [5, 5.41) is 2.74. The summed E-state index contributed by atoms with van der Waals surface area (Å²) >= 11 is 6.20. The van der Waals surface area contributed by atoms with Gasteiger partial charge in [0.1, 0.15) is 6.54 Å². The molecule has 31 heavy (non-hydrogen) atoms. The number of aryl methyl sites for hydroxylation is 2. The summed E-state index contributed by atoms with van der Waals surface area (Å²) in [6.45, 7) is 5.08. The summed E-state index contributed by atoms with van der Waals surface area (Å²) in [6.07, 6.45) is 0. The van der Waals surface area contributed by atoms with Crippen LogP contribution >= 0.6 is 11.6 Å². The van der Waals surface area contributed by atoms with Crippen molar-refractivity contribution < 1.29 is 22.7 Å². The van der Waals surface area contributed by atoms with Gasteiger partial charge in [-0.15, -0.1) is 0 Å². The van der Waals surface area contributed by atoms with E-state index >= 15 is 0 Å². The Morgan fingerprint density at radius 1 is 1.10 bits per heavy atom. The first kappa shape index (κ1) is 24.6. The van der Waals surface area contributed by atoms with E-state index in [9.17, 15) is 18.0 Å². The number of rotatable bonds is 8. The van der Waals surface area contributed by atoms with Gasteiger partial charge in [-0.05, 0) is 56.2 Å². The van der Waals surface area contributed by atoms with Gasteiger partial charge in [0.25, 0.3) is 0 Å². The molecule has 2 rings (SSSR count). The summed E-state index contributed by atoms with van der Waals surface area (Å²) in [4.78, 5) is 24.6. The quantitative estimate of drug-likeness (QED) is 0.600. The minimum absolute atomic E-state index is 0.132. The fraction of sp³-hybridized carbons (Fsp3) is 0.333. The van der Waals surface area contributed by atoms with E-state index in [0.29, 0.717) is 11.3 Å². The number of amides is 1. The van der Waals surface area contributed by atoms with Crippen molar-refractivity contribution in [2.24, 2.45) is 0 Å². The lowest BCUT2D eigenvalue weighted by Crippen LogP contribution is -2.44. The summed E-state index contributed by atoms with van der Waals surface area (Å²) in [5.41, 5.74) is 2.48. The van der Waals surface area contributed by atoms with Gasteiger partial charge in [0.2, 0.25) is 5.91 Å². The normalized spacial score (nSPS) is 11.3. The molecule has 0 atom stereocenters. The van der Waals surface area contributed by atoms with E-state index in [4.69, 9.17) is 16.3 Å². The van der Waals surface area contributed by atoms with Gasteiger partial charge in [0.05, 0.1) is 28.6 Å². The van der Waals surface area contributed by atoms with Crippen LogP contribution in [0, 0.1) is 13.8 Å². The molecule has 10 heteroatoms. The van der Waals surface area contributed by atoms with Crippen molar-refractivity contribution in [3.05, 3.63) is 58.1 Å². The SMILES string of the molecule is CCOC(=O)c1ccc(NC(=O)CN(c2cc(C)ccc2C)S(=O)(=O)N(C)C)c(Cl)c1. The van der Waals surface area contributed by atoms with E-state index < -0.39 is 28.6 Å². The van der Waals surface area contributed by atoms with Crippen LogP contribution in [-0.4, -0.2) is 51.8 Å². The molecular formula is C21H26ClN3O5S. The Bertz CT molecular complexity index is 1090. The van der Waals surface area contributed by atoms with E-state index in [1.54, 1.807) is 26.0 Å². The monoisotopic (exact) mass is 467 g/mol. The lowest BCUT2D eigenvalue weighted by atomic mass is 10.1. The number of nitrogens with one attached hydrogen (secondary N) is 1. The van der Waals surface area contributed by atoms with Crippen molar-refractivity contribution in [3.8, 4) is 0 Å². The van der Waals surface area contributed by atoms with Crippen LogP contribution < -0.4 is 9.62 Å². The third kappa shape index (κ3) is 5.96. The lowest BCUT2D eigenvalue weighted by Gasteiger charge is -2.28. The smallest absolute Gasteiger partial charge is 0.338 e. The topological polar surface area (TPSA) is 96.0 Å². The van der Waals surface area contributed by atoms with Gasteiger partial charge >= 0.3 is 16.2 Å². The highest BCUT2D eigenvalue weighted by molar-refractivity contribution is 7.90. The molecule has 0 unspecified atom stereocenters. The van der Waals surface area contributed by atoms with Crippen molar-refractivity contribution in [2.45, 2.75) is 20.8 Å². The molecule has 2 aromatic rings. The van der Waals surface area contributed by atoms with Crippen LogP contribution in [0.5, 0.6) is 0 Å². The number of nitrogens with zero attached hydrogens (tertiary/aromatic N) is 2. The maximum Gasteiger partial charge on any atom is 0.338 e. The Hall–Kier alpha value is -2.62. The average molecular weight is 468 g/mol. The number of hydrogen-bond acceptors (Lipinski definition) is 5. The summed E-state index contributed by atoms with van der Waals surface area (Å²) < 4.78 is 32.9. The van der Waals surface area contributed by atoms with Crippen molar-refractivity contribution in [3.63, 3.8) is 0 Å². The Balaban J connectivity index is 2.31. The Morgan fingerprint density at radius 2 is 1.77 bits per heavy atom. The third-order valence-electron chi connectivity index (χ3n) is 4.41. The molecule has 1 amide bonds. The van der Waals surface area contributed by atoms with Gasteiger partial charge in [-0.2, -0.15) is 12.7 Å². The van der Waals surface area contributed by atoms with E-state index in [1.807, 2.05) is 13.0 Å². The second-order valence-corrected chi connectivity index (χ2v) is 9.52. The third-order valence-corrected chi connectivity index (χ3v) is 6.53. The fourth-order valence-electron chi connectivity index (χ4n) is 2.75. The molecule has 0 saturated carbocycles. The summed E-state index contributed by atoms with van der Waals surface area (Å²) in [7, 11) is -1.14. The zero-order valence-electron chi connectivity index (χ0n) is 18.1. The maximum absolute atomic E-state index is 12.9. The zero-order valence-corrected chi connectivity index (χ0v) is 19.7. The molecule has 0 aliphatic carbocycles. The first-order chi connectivity index (χ1) is 14.5. The number of carbonyl (C=O) groups excluding carboxylic acids is 2. The predicted octanol–water partition coefficient (Wildman–Crippen LogP) is 3.39. The van der Waals surface area contributed by atoms with Crippen molar-refractivity contribution in [2.75, 3.05) is 36.9 Å². The number of hydrogen-bond donors (Lipinski definition) is 1. The van der Waals surface area contributed by atoms with Crippen LogP contribution in [0.1, 0.15) is 28.4 Å². The van der Waals surface area contributed by atoms with Gasteiger partial charge in [0.15, 0.2) is 0 Å². The summed E-state index contributed by atoms with van der Waals surface area (Å²) in [5.74, 6) is -1.11. The highest BCUT2D eigenvalue weighted by Crippen LogP contribution is 2.27. The molecule has 0 fully saturated rings. The van der Waals surface area contributed by atoms with Gasteiger partial charge in [-0.3, -0.25) is 4.79 Å². The largest absolute Gasteiger partial charge is 0.462 e. The van der Waals surface area contributed by atoms with E-state index in [0.717, 1.165) is 14.2 Å². The number of benzene rings is 2. The molecular weight excluding hydrogens is 442 g/mol. The Labute approximate surface area is 187 Å². The van der Waals surface area contributed by atoms with Gasteiger partial charge in [-0.1, -0.05) is 23.7 Å². The number of ether oxygens (including phenoxy) is 1. The van der Waals surface area contributed by atoms with Crippen LogP contribution in [-0.2, 0) is 19.7 Å². The highest BCUT2D eigenvalue weighted by atomic mass is 35.5. The highest BCUT2D eigenvalue weighted by Gasteiger charge is 2.28. The lowest BCUT2D eigenvalue weighted by molar-refractivity contribution is -0.114. The molecule has 0 bridgehead atoms. The zero-order chi connectivity index (χ0) is 23.3. The molecule has 0 aromatic heterocycles. The van der Waals surface area contributed by atoms with Crippen LogP contribution in [0.25, 0.3) is 0 Å². The molecule has 168 valence electrons. The van der Waals surface area contributed by atoms with Crippen LogP contribution in [0.15, 0.2) is 36.4 Å². The van der Waals surface area contributed by atoms with Crippen LogP contribution in [0.2, 0.25) is 5.02 Å². The summed E-state index contributed by atoms with van der Waals surface area (Å²) in [6, 6.07) is 9.70. The molecule has 1 N–H and O–H groups in total. The molecule has 0 radical (unpaired) electrons. The molecule has 0 spiro atoms. The Morgan fingerprint density at radius 3 is 2.35 bits per heavy atom. The van der Waals surface area contributed by atoms with E-state index in [1.165, 1.54) is 32.3 Å². The van der Waals surface area contributed by atoms with E-state index in [2.05, 4.69) is 5.32 Å². The number of carbonyl (C=O) groups is 2. The second kappa shape index (κ2) is 10.1. The van der Waals surface area contributed by atoms with Gasteiger partial charge in [0, 0.05) is 14.1 Å². The first-order valence-corrected chi connectivity index (χ1v) is 11.3. The first-order valence-electron chi connectivity index (χ1n) is 9.51. The Kier molecular flexibility index (Phi) is 8.05. The van der Waals surface area contributed by atoms with Crippen LogP contribution in [0.4, 0.5) is 11.4 Å².